The van der Waals surface area contributed by atoms with Gasteiger partial charge in [-0.05, 0) is 55.0 Å². The lowest BCUT2D eigenvalue weighted by molar-refractivity contribution is -0.139. The maximum absolute atomic E-state index is 13.3. The number of hydrazone groups is 1. The van der Waals surface area contributed by atoms with E-state index in [9.17, 15) is 19.8 Å². The predicted molar refractivity (Wildman–Crippen MR) is 135 cm³/mol. The van der Waals surface area contributed by atoms with E-state index in [0.717, 1.165) is 42.9 Å². The number of aliphatic hydroxyl groups is 1. The lowest BCUT2D eigenvalue weighted by atomic mass is 9.66. The smallest absolute Gasteiger partial charge is 0.303 e. The summed E-state index contributed by atoms with van der Waals surface area (Å²) in [5.41, 5.74) is 9.53. The number of aliphatic hydroxyl groups excluding tert-OH is 1. The van der Waals surface area contributed by atoms with E-state index in [-0.39, 0.29) is 31.1 Å². The first-order chi connectivity index (χ1) is 16.8. The number of carbonyl (C=O) groups is 2. The number of aryl methyl sites for hydroxylation is 1. The number of fused-ring (bicyclic) bond motifs is 1. The fourth-order valence-corrected chi connectivity index (χ4v) is 5.14. The summed E-state index contributed by atoms with van der Waals surface area (Å²) in [5, 5.41) is 25.6. The van der Waals surface area contributed by atoms with Crippen molar-refractivity contribution >= 4 is 18.0 Å². The van der Waals surface area contributed by atoms with Crippen LogP contribution >= 0.6 is 0 Å². The Morgan fingerprint density at radius 2 is 1.80 bits per heavy atom. The van der Waals surface area contributed by atoms with Crippen molar-refractivity contribution in [3.63, 3.8) is 0 Å². The number of hydrogen-bond acceptors (Lipinski definition) is 7. The van der Waals surface area contributed by atoms with Crippen molar-refractivity contribution in [1.29, 1.82) is 0 Å². The van der Waals surface area contributed by atoms with E-state index in [2.05, 4.69) is 22.1 Å². The van der Waals surface area contributed by atoms with Gasteiger partial charge in [0.25, 0.3) is 0 Å². The van der Waals surface area contributed by atoms with Crippen molar-refractivity contribution in [2.45, 2.75) is 31.2 Å². The van der Waals surface area contributed by atoms with Crippen LogP contribution in [0.2, 0.25) is 0 Å². The standard InChI is InChI=1S/C27H34N4O4/c1-30-11-13-31(14-12-30)29-18-19-2-4-21(5-3-19)26(35)22-7-6-20-8-9-23(17-25(33)34)27(28,10-15-32)24(20)16-22/h2-7,16,18,23,32H,8-15,17,28H2,1H3,(H,33,34). The molecule has 2 unspecified atom stereocenters. The molecule has 4 N–H and O–H groups in total. The molecule has 1 aliphatic carbocycles. The highest BCUT2D eigenvalue weighted by molar-refractivity contribution is 6.09. The molecule has 0 bridgehead atoms. The Morgan fingerprint density at radius 1 is 1.11 bits per heavy atom. The Labute approximate surface area is 206 Å². The van der Waals surface area contributed by atoms with Crippen LogP contribution in [0.3, 0.4) is 0 Å². The van der Waals surface area contributed by atoms with Crippen LogP contribution in [0.1, 0.15) is 51.9 Å². The fourth-order valence-electron chi connectivity index (χ4n) is 5.14. The summed E-state index contributed by atoms with van der Waals surface area (Å²) in [7, 11) is 2.11. The van der Waals surface area contributed by atoms with Crippen molar-refractivity contribution in [3.8, 4) is 0 Å². The second kappa shape index (κ2) is 10.7. The molecular weight excluding hydrogens is 444 g/mol. The van der Waals surface area contributed by atoms with Gasteiger partial charge in [0.2, 0.25) is 0 Å². The van der Waals surface area contributed by atoms with Crippen LogP contribution in [0.4, 0.5) is 0 Å². The molecule has 8 nitrogen and oxygen atoms in total. The molecule has 35 heavy (non-hydrogen) atoms. The maximum atomic E-state index is 13.3. The molecule has 1 fully saturated rings. The summed E-state index contributed by atoms with van der Waals surface area (Å²) in [6.45, 7) is 3.62. The van der Waals surface area contributed by atoms with Crippen LogP contribution in [-0.2, 0) is 16.8 Å². The van der Waals surface area contributed by atoms with Crippen LogP contribution in [0.25, 0.3) is 0 Å². The van der Waals surface area contributed by atoms with Crippen LogP contribution < -0.4 is 5.73 Å². The highest BCUT2D eigenvalue weighted by Gasteiger charge is 2.42. The van der Waals surface area contributed by atoms with Gasteiger partial charge in [0.15, 0.2) is 5.78 Å². The van der Waals surface area contributed by atoms with Gasteiger partial charge >= 0.3 is 5.97 Å². The molecule has 2 aromatic carbocycles. The number of carboxylic acid groups (broad SMARTS) is 1. The lowest BCUT2D eigenvalue weighted by Gasteiger charge is -2.42. The van der Waals surface area contributed by atoms with E-state index >= 15 is 0 Å². The molecule has 186 valence electrons. The van der Waals surface area contributed by atoms with Crippen LogP contribution in [0.15, 0.2) is 47.6 Å². The summed E-state index contributed by atoms with van der Waals surface area (Å²) in [6, 6.07) is 12.9. The topological polar surface area (TPSA) is 119 Å². The zero-order valence-electron chi connectivity index (χ0n) is 20.2. The zero-order valence-corrected chi connectivity index (χ0v) is 20.2. The number of aliphatic carboxylic acids is 1. The average molecular weight is 479 g/mol. The Hall–Kier alpha value is -3.07. The fraction of sp³-hybridized carbons (Fsp3) is 0.444. The number of nitrogens with two attached hydrogens (primary N) is 1. The first kappa shape index (κ1) is 25.0. The highest BCUT2D eigenvalue weighted by Crippen LogP contribution is 2.42. The minimum absolute atomic E-state index is 0.0642. The number of nitrogens with zero attached hydrogens (tertiary/aromatic N) is 3. The number of ketones is 1. The summed E-state index contributed by atoms with van der Waals surface area (Å²) in [6.07, 6.45) is 3.34. The SMILES string of the molecule is CN1CCN(N=Cc2ccc(C(=O)c3ccc4c(c3)C(N)(CCO)C(CC(=O)O)CC4)cc2)CC1. The lowest BCUT2D eigenvalue weighted by Crippen LogP contribution is -2.49. The normalized spacial score (nSPS) is 22.8. The van der Waals surface area contributed by atoms with E-state index < -0.39 is 11.5 Å². The summed E-state index contributed by atoms with van der Waals surface area (Å²) in [4.78, 5) is 27.0. The minimum atomic E-state index is -0.986. The molecule has 8 heteroatoms. The quantitative estimate of drug-likeness (QED) is 0.392. The molecule has 0 amide bonds. The van der Waals surface area contributed by atoms with Crippen molar-refractivity contribution in [3.05, 3.63) is 70.3 Å². The van der Waals surface area contributed by atoms with Gasteiger partial charge < -0.3 is 20.8 Å². The predicted octanol–water partition coefficient (Wildman–Crippen LogP) is 2.07. The summed E-state index contributed by atoms with van der Waals surface area (Å²) < 4.78 is 0. The average Bonchev–Trinajstić information content (AvgIpc) is 2.85. The first-order valence-electron chi connectivity index (χ1n) is 12.2. The Kier molecular flexibility index (Phi) is 7.64. The molecule has 4 rings (SSSR count). The van der Waals surface area contributed by atoms with E-state index in [1.807, 2.05) is 24.4 Å². The molecule has 0 radical (unpaired) electrons. The summed E-state index contributed by atoms with van der Waals surface area (Å²) in [5.74, 6) is -1.33. The minimum Gasteiger partial charge on any atom is -0.481 e. The molecule has 1 saturated heterocycles. The number of piperazine rings is 1. The molecule has 0 spiro atoms. The molecule has 1 aliphatic heterocycles. The van der Waals surface area contributed by atoms with Crippen LogP contribution in [0, 0.1) is 5.92 Å². The van der Waals surface area contributed by atoms with Gasteiger partial charge in [-0.15, -0.1) is 0 Å². The Morgan fingerprint density at radius 3 is 2.46 bits per heavy atom. The van der Waals surface area contributed by atoms with E-state index in [4.69, 9.17) is 5.73 Å². The molecule has 2 aliphatic rings. The second-order valence-electron chi connectivity index (χ2n) is 9.67. The number of likely N-dealkylation sites (N-methyl/N-ethyl adjacent to an activating group) is 1. The highest BCUT2D eigenvalue weighted by atomic mass is 16.4. The molecule has 2 aromatic rings. The monoisotopic (exact) mass is 478 g/mol. The molecule has 1 heterocycles. The van der Waals surface area contributed by atoms with Gasteiger partial charge in [0.1, 0.15) is 0 Å². The van der Waals surface area contributed by atoms with Gasteiger partial charge in [-0.3, -0.25) is 14.6 Å². The maximum Gasteiger partial charge on any atom is 0.303 e. The molecule has 0 saturated carbocycles. The Balaban J connectivity index is 1.53. The third-order valence-electron chi connectivity index (χ3n) is 7.33. The van der Waals surface area contributed by atoms with Gasteiger partial charge in [-0.25, -0.2) is 0 Å². The molecular formula is C27H34N4O4. The number of carboxylic acids is 1. The number of benzene rings is 2. The summed E-state index contributed by atoms with van der Waals surface area (Å²) >= 11 is 0. The van der Waals surface area contributed by atoms with Gasteiger partial charge in [0.05, 0.1) is 12.6 Å². The van der Waals surface area contributed by atoms with E-state index in [0.29, 0.717) is 24.0 Å². The van der Waals surface area contributed by atoms with Crippen molar-refractivity contribution in [2.75, 3.05) is 39.8 Å². The van der Waals surface area contributed by atoms with Gasteiger partial charge in [-0.1, -0.05) is 36.4 Å². The second-order valence-corrected chi connectivity index (χ2v) is 9.67. The third-order valence-corrected chi connectivity index (χ3v) is 7.33. The first-order valence-corrected chi connectivity index (χ1v) is 12.2. The van der Waals surface area contributed by atoms with Crippen molar-refractivity contribution in [2.24, 2.45) is 16.8 Å². The number of rotatable bonds is 8. The largest absolute Gasteiger partial charge is 0.481 e. The van der Waals surface area contributed by atoms with Crippen LogP contribution in [0.5, 0.6) is 0 Å². The van der Waals surface area contributed by atoms with Gasteiger partial charge in [-0.2, -0.15) is 5.10 Å². The van der Waals surface area contributed by atoms with Gasteiger partial charge in [0, 0.05) is 49.5 Å². The molecule has 0 aromatic heterocycles. The van der Waals surface area contributed by atoms with Crippen LogP contribution in [-0.4, -0.2) is 77.9 Å². The third kappa shape index (κ3) is 5.61. The number of hydrogen-bond donors (Lipinski definition) is 3. The molecule has 2 atom stereocenters. The zero-order chi connectivity index (χ0) is 25.0. The number of carbonyl (C=O) groups excluding carboxylic acids is 1. The van der Waals surface area contributed by atoms with E-state index in [1.54, 1.807) is 24.3 Å². The van der Waals surface area contributed by atoms with Crippen molar-refractivity contribution in [1.82, 2.24) is 9.91 Å². The Bertz CT molecular complexity index is 1090. The van der Waals surface area contributed by atoms with E-state index in [1.165, 1.54) is 0 Å². The van der Waals surface area contributed by atoms with Crippen molar-refractivity contribution < 1.29 is 19.8 Å².